The average Bonchev–Trinajstić information content (AvgIpc) is 1.96. The van der Waals surface area contributed by atoms with Gasteiger partial charge in [0.2, 0.25) is 5.60 Å². The first-order valence-corrected chi connectivity index (χ1v) is 6.20. The summed E-state index contributed by atoms with van der Waals surface area (Å²) in [5, 5.41) is 25.7. The third kappa shape index (κ3) is 5.53. The van der Waals surface area contributed by atoms with Gasteiger partial charge >= 0.3 is 17.9 Å². The number of rotatable bonds is 7. The summed E-state index contributed by atoms with van der Waals surface area (Å²) in [4.78, 5) is 31.7. The van der Waals surface area contributed by atoms with Crippen molar-refractivity contribution in [1.82, 2.24) is 0 Å². The zero-order valence-electron chi connectivity index (χ0n) is 8.06. The van der Waals surface area contributed by atoms with E-state index in [1.165, 1.54) is 0 Å². The maximum atomic E-state index is 10.8. The molecule has 1 atom stereocenters. The van der Waals surface area contributed by atoms with Crippen LogP contribution in [-0.2, 0) is 38.8 Å². The van der Waals surface area contributed by atoms with Gasteiger partial charge in [-0.3, -0.25) is 14.1 Å². The lowest BCUT2D eigenvalue weighted by molar-refractivity contribution is -0.166. The van der Waals surface area contributed by atoms with Gasteiger partial charge in [-0.15, -0.1) is 0 Å². The van der Waals surface area contributed by atoms with Crippen LogP contribution >= 0.6 is 0 Å². The normalized spacial score (nSPS) is 14.9. The van der Waals surface area contributed by atoms with Crippen LogP contribution in [0.5, 0.6) is 0 Å². The van der Waals surface area contributed by atoms with Crippen molar-refractivity contribution < 1.29 is 42.6 Å². The van der Waals surface area contributed by atoms with Gasteiger partial charge in [-0.25, -0.2) is 8.98 Å². The Balaban J connectivity index is 5.46. The fraction of sp³-hybridized carbons (Fsp3) is 0.500. The molecule has 0 saturated heterocycles. The molecule has 0 aromatic rings. The lowest BCUT2D eigenvalue weighted by Gasteiger charge is -2.24. The summed E-state index contributed by atoms with van der Waals surface area (Å²) < 4.78 is 23.5. The fourth-order valence-electron chi connectivity index (χ4n) is 0.998. The average molecular weight is 288 g/mol. The van der Waals surface area contributed by atoms with Gasteiger partial charge < -0.3 is 15.3 Å². The fourth-order valence-corrected chi connectivity index (χ4v) is 1.98. The Morgan fingerprint density at radius 1 is 1.12 bits per heavy atom. The van der Waals surface area contributed by atoms with E-state index in [-0.39, 0.29) is 0 Å². The highest BCUT2D eigenvalue weighted by molar-refractivity contribution is 8.27. The van der Waals surface area contributed by atoms with Crippen LogP contribution in [0.1, 0.15) is 12.8 Å². The summed E-state index contributed by atoms with van der Waals surface area (Å²) in [5.41, 5.74) is -2.88. The molecule has 17 heavy (non-hydrogen) atoms. The van der Waals surface area contributed by atoms with Gasteiger partial charge in [-0.2, -0.15) is 4.21 Å². The van der Waals surface area contributed by atoms with Crippen LogP contribution in [0.2, 0.25) is 0 Å². The summed E-state index contributed by atoms with van der Waals surface area (Å²) in [7, 11) is -4.49. The molecule has 1 unspecified atom stereocenters. The second-order valence-electron chi connectivity index (χ2n) is 2.95. The quantitative estimate of drug-likeness (QED) is 0.453. The van der Waals surface area contributed by atoms with Gasteiger partial charge in [0.1, 0.15) is 0 Å². The van der Waals surface area contributed by atoms with Crippen LogP contribution in [0.15, 0.2) is 0 Å². The smallest absolute Gasteiger partial charge is 0.338 e. The van der Waals surface area contributed by atoms with E-state index >= 15 is 0 Å². The molecule has 0 aliphatic rings. The Kier molecular flexibility index (Phi) is 4.94. The molecule has 98 valence electrons. The first-order chi connectivity index (χ1) is 7.48. The maximum Gasteiger partial charge on any atom is 0.338 e. The molecule has 0 aliphatic carbocycles. The monoisotopic (exact) mass is 288 g/mol. The lowest BCUT2D eigenvalue weighted by Crippen LogP contribution is -2.46. The summed E-state index contributed by atoms with van der Waals surface area (Å²) in [6, 6.07) is 0. The van der Waals surface area contributed by atoms with E-state index < -0.39 is 45.4 Å². The van der Waals surface area contributed by atoms with E-state index in [4.69, 9.17) is 19.9 Å². The van der Waals surface area contributed by atoms with Crippen molar-refractivity contribution in [2.75, 3.05) is 0 Å². The number of carbonyl (C=O) groups is 3. The van der Waals surface area contributed by atoms with Crippen LogP contribution in [0, 0.1) is 0 Å². The molecule has 4 N–H and O–H groups in total. The van der Waals surface area contributed by atoms with E-state index in [0.717, 1.165) is 0 Å². The molecule has 0 heterocycles. The Morgan fingerprint density at radius 3 is 1.65 bits per heavy atom. The van der Waals surface area contributed by atoms with E-state index in [1.54, 1.807) is 0 Å². The first kappa shape index (κ1) is 15.7. The minimum atomic E-state index is -4.49. The summed E-state index contributed by atoms with van der Waals surface area (Å²) >= 11 is 3.87. The van der Waals surface area contributed by atoms with Crippen molar-refractivity contribution in [3.05, 3.63) is 0 Å². The predicted octanol–water partition coefficient (Wildman–Crippen LogP) is -1.09. The number of hydrogen-bond acceptors (Lipinski definition) is 6. The van der Waals surface area contributed by atoms with Crippen LogP contribution in [0.4, 0.5) is 0 Å². The third-order valence-corrected chi connectivity index (χ3v) is 2.26. The van der Waals surface area contributed by atoms with Crippen LogP contribution in [0.25, 0.3) is 0 Å². The number of carboxylic acid groups (broad SMARTS) is 3. The molecular formula is C6H8O9S2. The Hall–Kier alpha value is -1.30. The predicted molar refractivity (Wildman–Crippen MR) is 54.1 cm³/mol. The second kappa shape index (κ2) is 5.35. The van der Waals surface area contributed by atoms with Gasteiger partial charge in [0.15, 0.2) is 0 Å². The minimum Gasteiger partial charge on any atom is -0.481 e. The second-order valence-corrected chi connectivity index (χ2v) is 5.24. The topological polar surface area (TPSA) is 158 Å². The standard InChI is InChI=1S/C6H8O9S2/c7-3(8)1-6(5(11)12,2-4(9)10)15-17(13,14)16/h1-2H2,(H,7,8)(H,9,10)(H,11,12)(H,13,14,16). The molecule has 0 radical (unpaired) electrons. The molecule has 0 fully saturated rings. The van der Waals surface area contributed by atoms with Crippen LogP contribution in [-0.4, -0.2) is 47.6 Å². The summed E-state index contributed by atoms with van der Waals surface area (Å²) in [6.07, 6.45) is -2.63. The van der Waals surface area contributed by atoms with Gasteiger partial charge in [-0.1, -0.05) is 0 Å². The number of aliphatic carboxylic acids is 3. The highest BCUT2D eigenvalue weighted by Gasteiger charge is 2.47. The molecule has 11 heteroatoms. The lowest BCUT2D eigenvalue weighted by atomic mass is 9.96. The summed E-state index contributed by atoms with van der Waals surface area (Å²) in [6.45, 7) is 0. The zero-order chi connectivity index (χ0) is 13.9. The largest absolute Gasteiger partial charge is 0.481 e. The van der Waals surface area contributed by atoms with Gasteiger partial charge in [0.25, 0.3) is 9.05 Å². The Morgan fingerprint density at radius 2 is 1.47 bits per heavy atom. The van der Waals surface area contributed by atoms with Crippen molar-refractivity contribution in [3.8, 4) is 0 Å². The van der Waals surface area contributed by atoms with Crippen LogP contribution < -0.4 is 0 Å². The van der Waals surface area contributed by atoms with E-state index in [1.807, 2.05) is 0 Å². The molecule has 0 bridgehead atoms. The molecule has 0 rings (SSSR count). The molecule has 9 nitrogen and oxygen atoms in total. The van der Waals surface area contributed by atoms with Crippen molar-refractivity contribution in [2.24, 2.45) is 0 Å². The van der Waals surface area contributed by atoms with Crippen molar-refractivity contribution >= 4 is 38.1 Å². The Bertz CT molecular complexity index is 420. The van der Waals surface area contributed by atoms with Gasteiger partial charge in [-0.05, 0) is 0 Å². The zero-order valence-corrected chi connectivity index (χ0v) is 9.69. The van der Waals surface area contributed by atoms with Gasteiger partial charge in [0.05, 0.1) is 12.8 Å². The van der Waals surface area contributed by atoms with E-state index in [2.05, 4.69) is 15.4 Å². The van der Waals surface area contributed by atoms with E-state index in [0.29, 0.717) is 0 Å². The SMILES string of the molecule is O=C(O)CC(CC(=O)O)(OS(=O)(O)=S)C(=O)O. The van der Waals surface area contributed by atoms with E-state index in [9.17, 15) is 18.6 Å². The first-order valence-electron chi connectivity index (χ1n) is 3.83. The molecular weight excluding hydrogens is 280 g/mol. The van der Waals surface area contributed by atoms with Gasteiger partial charge in [0, 0.05) is 11.2 Å². The van der Waals surface area contributed by atoms with Crippen molar-refractivity contribution in [1.29, 1.82) is 0 Å². The molecule has 0 aromatic carbocycles. The molecule has 0 amide bonds. The highest BCUT2D eigenvalue weighted by atomic mass is 32.9. The molecule has 0 spiro atoms. The molecule has 0 saturated carbocycles. The molecule has 0 aromatic heterocycles. The number of hydrogen-bond donors (Lipinski definition) is 4. The summed E-state index contributed by atoms with van der Waals surface area (Å²) in [5.74, 6) is -5.44. The Labute approximate surface area is 99.7 Å². The maximum absolute atomic E-state index is 10.8. The molecule has 0 aliphatic heterocycles. The van der Waals surface area contributed by atoms with Crippen LogP contribution in [0.3, 0.4) is 0 Å². The number of carboxylic acids is 3. The van der Waals surface area contributed by atoms with Crippen molar-refractivity contribution in [3.63, 3.8) is 0 Å². The third-order valence-electron chi connectivity index (χ3n) is 1.53. The van der Waals surface area contributed by atoms with Crippen molar-refractivity contribution in [2.45, 2.75) is 18.4 Å². The minimum absolute atomic E-state index is 1.32. The highest BCUT2D eigenvalue weighted by Crippen LogP contribution is 2.24.